The molecule has 13 aromatic rings. The molecule has 0 unspecified atom stereocenters. The molecule has 2 aliphatic rings. The Kier molecular flexibility index (Phi) is 9.86. The Morgan fingerprint density at radius 3 is 1.43 bits per heavy atom. The van der Waals surface area contributed by atoms with Gasteiger partial charge in [0.25, 0.3) is 0 Å². The van der Waals surface area contributed by atoms with Crippen LogP contribution < -0.4 is 4.90 Å². The van der Waals surface area contributed by atoms with Gasteiger partial charge in [-0.3, -0.25) is 0 Å². The second-order valence-electron chi connectivity index (χ2n) is 21.1. The Labute approximate surface area is 443 Å². The van der Waals surface area contributed by atoms with Crippen molar-refractivity contribution in [3.8, 4) is 55.6 Å². The second-order valence-corrected chi connectivity index (χ2v) is 21.1. The van der Waals surface area contributed by atoms with Crippen LogP contribution in [0.15, 0.2) is 277 Å². The van der Waals surface area contributed by atoms with Gasteiger partial charge >= 0.3 is 0 Å². The van der Waals surface area contributed by atoms with E-state index in [2.05, 4.69) is 292 Å². The molecule has 1 aromatic heterocycles. The highest BCUT2D eigenvalue weighted by molar-refractivity contribution is 6.26. The van der Waals surface area contributed by atoms with E-state index in [0.717, 1.165) is 60.9 Å². The van der Waals surface area contributed by atoms with Crippen LogP contribution >= 0.6 is 0 Å². The summed E-state index contributed by atoms with van der Waals surface area (Å²) >= 11 is 0. The summed E-state index contributed by atoms with van der Waals surface area (Å²) in [5.74, 6) is 0. The SMILES string of the molecule is CC1(C)c2ccccc2-c2ccc(N(c3ccc(-c4c(-c5ccc(-c6ccccc6)cc5)c5c6ccccc6oc5c5ccccc45)cc3)c3ccc4c(c3)C(c3ccccc3)(c3ccccc3)c3ccccc3-4)cc21. The fraction of sp³-hybridized carbons (Fsp3) is 0.0541. The van der Waals surface area contributed by atoms with Gasteiger partial charge in [-0.15, -0.1) is 0 Å². The summed E-state index contributed by atoms with van der Waals surface area (Å²) < 4.78 is 6.84. The molecule has 0 bridgehead atoms. The molecule has 76 heavy (non-hydrogen) atoms. The van der Waals surface area contributed by atoms with E-state index in [9.17, 15) is 0 Å². The van der Waals surface area contributed by atoms with E-state index in [-0.39, 0.29) is 5.41 Å². The van der Waals surface area contributed by atoms with Crippen LogP contribution in [0.2, 0.25) is 0 Å². The number of para-hydroxylation sites is 1. The minimum atomic E-state index is -0.547. The van der Waals surface area contributed by atoms with Crippen LogP contribution in [0.25, 0.3) is 88.3 Å². The molecule has 0 spiro atoms. The van der Waals surface area contributed by atoms with Gasteiger partial charge in [-0.2, -0.15) is 0 Å². The Bertz CT molecular complexity index is 4360. The predicted molar refractivity (Wildman–Crippen MR) is 317 cm³/mol. The number of benzene rings is 12. The summed E-state index contributed by atoms with van der Waals surface area (Å²) in [7, 11) is 0. The van der Waals surface area contributed by atoms with E-state index in [1.165, 1.54) is 77.9 Å². The van der Waals surface area contributed by atoms with Crippen molar-refractivity contribution >= 4 is 49.8 Å². The standard InChI is InChI=1S/C74H51NO/c1-73(2)64-31-17-14-26-57(64)59-44-42-55(46-66(59)73)75(56-43-45-60-58-27-15-18-32-65(58)74(67(60)47-56,52-22-8-4-9-23-52)53-24-10-5-11-25-53)54-40-38-50(39-41-54)69-61-28-12-13-29-62(61)72-71(63-30-16-19-33-68(63)76-72)70(69)51-36-34-49(35-37-51)48-20-6-3-7-21-48/h3-47H,1-2H3. The highest BCUT2D eigenvalue weighted by Crippen LogP contribution is 2.58. The lowest BCUT2D eigenvalue weighted by atomic mass is 9.67. The van der Waals surface area contributed by atoms with Crippen LogP contribution in [0.5, 0.6) is 0 Å². The summed E-state index contributed by atoms with van der Waals surface area (Å²) in [6, 6.07) is 101. The number of hydrogen-bond acceptors (Lipinski definition) is 2. The first-order valence-corrected chi connectivity index (χ1v) is 26.5. The van der Waals surface area contributed by atoms with Crippen LogP contribution in [-0.4, -0.2) is 0 Å². The van der Waals surface area contributed by atoms with Gasteiger partial charge in [0.05, 0.1) is 5.41 Å². The lowest BCUT2D eigenvalue weighted by Gasteiger charge is -2.35. The number of anilines is 3. The van der Waals surface area contributed by atoms with E-state index in [4.69, 9.17) is 4.42 Å². The summed E-state index contributed by atoms with van der Waals surface area (Å²) in [6.45, 7) is 4.75. The Hall–Kier alpha value is -9.50. The van der Waals surface area contributed by atoms with Crippen LogP contribution in [0, 0.1) is 0 Å². The molecule has 0 N–H and O–H groups in total. The van der Waals surface area contributed by atoms with Gasteiger partial charge < -0.3 is 9.32 Å². The normalized spacial score (nSPS) is 13.6. The Balaban J connectivity index is 0.960. The second kappa shape index (κ2) is 17.0. The van der Waals surface area contributed by atoms with Crippen molar-refractivity contribution in [3.05, 3.63) is 306 Å². The third kappa shape index (κ3) is 6.47. The van der Waals surface area contributed by atoms with E-state index in [1.54, 1.807) is 0 Å². The van der Waals surface area contributed by atoms with E-state index >= 15 is 0 Å². The van der Waals surface area contributed by atoms with Gasteiger partial charge in [0.1, 0.15) is 11.2 Å². The van der Waals surface area contributed by atoms with E-state index < -0.39 is 5.41 Å². The van der Waals surface area contributed by atoms with Gasteiger partial charge in [-0.25, -0.2) is 0 Å². The van der Waals surface area contributed by atoms with Crippen molar-refractivity contribution in [1.82, 2.24) is 0 Å². The van der Waals surface area contributed by atoms with Gasteiger partial charge in [0.2, 0.25) is 0 Å². The lowest BCUT2D eigenvalue weighted by Crippen LogP contribution is -2.28. The average Bonchev–Trinajstić information content (AvgIpc) is 4.29. The molecule has 2 aliphatic carbocycles. The minimum Gasteiger partial charge on any atom is -0.455 e. The molecular weight excluding hydrogens is 919 g/mol. The summed E-state index contributed by atoms with van der Waals surface area (Å²) in [6.07, 6.45) is 0. The third-order valence-electron chi connectivity index (χ3n) is 16.8. The molecule has 0 radical (unpaired) electrons. The summed E-state index contributed by atoms with van der Waals surface area (Å²) in [4.78, 5) is 2.49. The first kappa shape index (κ1) is 44.0. The average molecular weight is 970 g/mol. The molecule has 0 saturated heterocycles. The number of nitrogens with zero attached hydrogens (tertiary/aromatic N) is 1. The first-order valence-electron chi connectivity index (χ1n) is 26.5. The summed E-state index contributed by atoms with van der Waals surface area (Å²) in [5.41, 5.74) is 24.3. The number of fused-ring (bicyclic) bond motifs is 11. The molecule has 15 rings (SSSR count). The molecule has 0 amide bonds. The Morgan fingerprint density at radius 2 is 0.763 bits per heavy atom. The zero-order valence-electron chi connectivity index (χ0n) is 42.3. The van der Waals surface area contributed by atoms with Crippen LogP contribution in [0.1, 0.15) is 47.2 Å². The van der Waals surface area contributed by atoms with Crippen LogP contribution in [0.3, 0.4) is 0 Å². The zero-order valence-corrected chi connectivity index (χ0v) is 42.3. The maximum atomic E-state index is 6.84. The maximum Gasteiger partial charge on any atom is 0.143 e. The largest absolute Gasteiger partial charge is 0.455 e. The summed E-state index contributed by atoms with van der Waals surface area (Å²) in [5, 5.41) is 4.48. The van der Waals surface area contributed by atoms with Gasteiger partial charge in [0.15, 0.2) is 0 Å². The number of hydrogen-bond donors (Lipinski definition) is 0. The quantitative estimate of drug-likeness (QED) is 0.151. The predicted octanol–water partition coefficient (Wildman–Crippen LogP) is 19.9. The molecule has 2 heteroatoms. The molecule has 358 valence electrons. The van der Waals surface area contributed by atoms with Crippen molar-refractivity contribution in [1.29, 1.82) is 0 Å². The topological polar surface area (TPSA) is 16.4 Å². The van der Waals surface area contributed by atoms with E-state index in [0.29, 0.717) is 0 Å². The lowest BCUT2D eigenvalue weighted by molar-refractivity contribution is 0.660. The molecular formula is C74H51NO. The monoisotopic (exact) mass is 969 g/mol. The number of rotatable bonds is 8. The molecule has 0 atom stereocenters. The van der Waals surface area contributed by atoms with Gasteiger partial charge in [0, 0.05) is 44.2 Å². The minimum absolute atomic E-state index is 0.181. The van der Waals surface area contributed by atoms with E-state index in [1.807, 2.05) is 0 Å². The zero-order chi connectivity index (χ0) is 50.5. The Morgan fingerprint density at radius 1 is 0.316 bits per heavy atom. The highest BCUT2D eigenvalue weighted by Gasteiger charge is 2.46. The number of furan rings is 1. The third-order valence-corrected chi connectivity index (χ3v) is 16.8. The maximum absolute atomic E-state index is 6.84. The van der Waals surface area contributed by atoms with Crippen molar-refractivity contribution in [3.63, 3.8) is 0 Å². The van der Waals surface area contributed by atoms with Crippen LogP contribution in [0.4, 0.5) is 17.1 Å². The molecule has 1 heterocycles. The fourth-order valence-electron chi connectivity index (χ4n) is 13.3. The smallest absolute Gasteiger partial charge is 0.143 e. The van der Waals surface area contributed by atoms with Crippen molar-refractivity contribution in [2.24, 2.45) is 0 Å². The van der Waals surface area contributed by atoms with Gasteiger partial charge in [-0.05, 0) is 131 Å². The molecule has 0 aliphatic heterocycles. The van der Waals surface area contributed by atoms with Crippen molar-refractivity contribution in [2.45, 2.75) is 24.7 Å². The molecule has 2 nitrogen and oxygen atoms in total. The van der Waals surface area contributed by atoms with Crippen LogP contribution in [-0.2, 0) is 10.8 Å². The molecule has 12 aromatic carbocycles. The van der Waals surface area contributed by atoms with Crippen molar-refractivity contribution in [2.75, 3.05) is 4.90 Å². The van der Waals surface area contributed by atoms with Crippen molar-refractivity contribution < 1.29 is 4.42 Å². The molecule has 0 saturated carbocycles. The fourth-order valence-corrected chi connectivity index (χ4v) is 13.3. The van der Waals surface area contributed by atoms with Gasteiger partial charge in [-0.1, -0.05) is 244 Å². The molecule has 0 fully saturated rings. The highest BCUT2D eigenvalue weighted by atomic mass is 16.3. The first-order chi connectivity index (χ1) is 37.5.